The minimum atomic E-state index is 0.0394. The predicted octanol–water partition coefficient (Wildman–Crippen LogP) is 2.63. The zero-order valence-electron chi connectivity index (χ0n) is 12.8. The second-order valence-corrected chi connectivity index (χ2v) is 7.20. The van der Waals surface area contributed by atoms with E-state index in [1.807, 2.05) is 17.0 Å². The van der Waals surface area contributed by atoms with E-state index in [0.717, 1.165) is 36.8 Å². The Morgan fingerprint density at radius 1 is 1.23 bits per heavy atom. The molecule has 118 valence electrons. The molecule has 1 aromatic carbocycles. The van der Waals surface area contributed by atoms with Gasteiger partial charge in [0.25, 0.3) is 0 Å². The van der Waals surface area contributed by atoms with Crippen LogP contribution >= 0.6 is 15.9 Å². The first-order valence-corrected chi connectivity index (χ1v) is 8.64. The van der Waals surface area contributed by atoms with Crippen LogP contribution in [-0.2, 0) is 9.59 Å². The number of halogens is 1. The minimum Gasteiger partial charge on any atom is -0.341 e. The van der Waals surface area contributed by atoms with Crippen LogP contribution in [0.2, 0.25) is 0 Å². The lowest BCUT2D eigenvalue weighted by Crippen LogP contribution is -2.40. The number of hydrogen-bond donors (Lipinski definition) is 0. The Bertz CT molecular complexity index is 567. The molecule has 1 aliphatic heterocycles. The largest absolute Gasteiger partial charge is 0.341 e. The number of nitrogens with zero attached hydrogens (tertiary/aromatic N) is 2. The summed E-state index contributed by atoms with van der Waals surface area (Å²) in [5, 5.41) is 0. The van der Waals surface area contributed by atoms with Gasteiger partial charge in [-0.3, -0.25) is 9.59 Å². The maximum absolute atomic E-state index is 12.5. The van der Waals surface area contributed by atoms with Gasteiger partial charge in [0.2, 0.25) is 11.8 Å². The van der Waals surface area contributed by atoms with E-state index in [-0.39, 0.29) is 24.3 Å². The van der Waals surface area contributed by atoms with Gasteiger partial charge in [0.05, 0.1) is 6.54 Å². The van der Waals surface area contributed by atoms with Crippen LogP contribution in [0.1, 0.15) is 30.7 Å². The summed E-state index contributed by atoms with van der Waals surface area (Å²) in [6.07, 6.45) is 3.05. The Hall–Kier alpha value is -1.36. The van der Waals surface area contributed by atoms with Gasteiger partial charge in [-0.05, 0) is 42.9 Å². The average molecular weight is 365 g/mol. The predicted molar refractivity (Wildman–Crippen MR) is 88.4 cm³/mol. The van der Waals surface area contributed by atoms with E-state index in [1.54, 1.807) is 11.9 Å². The molecule has 5 heteroatoms. The Morgan fingerprint density at radius 3 is 2.50 bits per heavy atom. The molecule has 2 atom stereocenters. The van der Waals surface area contributed by atoms with Crippen LogP contribution in [0.15, 0.2) is 28.7 Å². The van der Waals surface area contributed by atoms with Crippen LogP contribution in [-0.4, -0.2) is 48.3 Å². The van der Waals surface area contributed by atoms with E-state index in [1.165, 1.54) is 5.56 Å². The van der Waals surface area contributed by atoms with Gasteiger partial charge in [-0.25, -0.2) is 0 Å². The summed E-state index contributed by atoms with van der Waals surface area (Å²) >= 11 is 3.42. The number of carbonyl (C=O) groups is 2. The number of benzene rings is 1. The van der Waals surface area contributed by atoms with Gasteiger partial charge in [0, 0.05) is 30.5 Å². The van der Waals surface area contributed by atoms with Crippen LogP contribution in [0.5, 0.6) is 0 Å². The highest BCUT2D eigenvalue weighted by Gasteiger charge is 2.45. The zero-order chi connectivity index (χ0) is 15.7. The lowest BCUT2D eigenvalue weighted by atomic mass is 10.1. The van der Waals surface area contributed by atoms with Crippen molar-refractivity contribution in [1.29, 1.82) is 0 Å². The quantitative estimate of drug-likeness (QED) is 0.823. The molecule has 22 heavy (non-hydrogen) atoms. The van der Waals surface area contributed by atoms with E-state index in [0.29, 0.717) is 5.92 Å². The molecule has 2 amide bonds. The summed E-state index contributed by atoms with van der Waals surface area (Å²) in [5.74, 6) is 0.525. The summed E-state index contributed by atoms with van der Waals surface area (Å²) in [5.41, 5.74) is 1.21. The molecule has 4 nitrogen and oxygen atoms in total. The van der Waals surface area contributed by atoms with Crippen LogP contribution in [0.3, 0.4) is 0 Å². The van der Waals surface area contributed by atoms with Gasteiger partial charge in [-0.1, -0.05) is 28.1 Å². The van der Waals surface area contributed by atoms with Crippen LogP contribution < -0.4 is 0 Å². The minimum absolute atomic E-state index is 0.0394. The van der Waals surface area contributed by atoms with Gasteiger partial charge in [-0.2, -0.15) is 0 Å². The number of hydrogen-bond acceptors (Lipinski definition) is 2. The molecule has 1 heterocycles. The molecule has 1 aromatic rings. The fraction of sp³-hybridized carbons (Fsp3) is 0.529. The third-order valence-corrected chi connectivity index (χ3v) is 5.14. The van der Waals surface area contributed by atoms with E-state index < -0.39 is 0 Å². The van der Waals surface area contributed by atoms with Gasteiger partial charge in [0.1, 0.15) is 0 Å². The molecule has 0 spiro atoms. The first-order valence-electron chi connectivity index (χ1n) is 7.84. The SMILES string of the molecule is CN(CC(=O)N1CCCC1)C(=O)[C@H]1C[C@H]1c1ccc(Br)cc1. The summed E-state index contributed by atoms with van der Waals surface area (Å²) < 4.78 is 1.05. The molecule has 3 rings (SSSR count). The van der Waals surface area contributed by atoms with Crippen molar-refractivity contribution in [3.05, 3.63) is 34.3 Å². The third-order valence-electron chi connectivity index (χ3n) is 4.61. The van der Waals surface area contributed by atoms with Crippen molar-refractivity contribution in [2.45, 2.75) is 25.2 Å². The van der Waals surface area contributed by atoms with Crippen molar-refractivity contribution in [3.8, 4) is 0 Å². The number of likely N-dealkylation sites (tertiary alicyclic amines) is 1. The highest BCUT2D eigenvalue weighted by molar-refractivity contribution is 9.10. The molecule has 2 aliphatic rings. The van der Waals surface area contributed by atoms with E-state index >= 15 is 0 Å². The summed E-state index contributed by atoms with van der Waals surface area (Å²) in [7, 11) is 1.74. The maximum Gasteiger partial charge on any atom is 0.242 e. The topological polar surface area (TPSA) is 40.6 Å². The van der Waals surface area contributed by atoms with E-state index in [4.69, 9.17) is 0 Å². The number of likely N-dealkylation sites (N-methyl/N-ethyl adjacent to an activating group) is 1. The Labute approximate surface area is 139 Å². The van der Waals surface area contributed by atoms with Gasteiger partial charge < -0.3 is 9.80 Å². The summed E-state index contributed by atoms with van der Waals surface area (Å²) in [6.45, 7) is 1.89. The monoisotopic (exact) mass is 364 g/mol. The molecule has 1 saturated carbocycles. The lowest BCUT2D eigenvalue weighted by molar-refractivity contribution is -0.139. The molecule has 1 saturated heterocycles. The van der Waals surface area contributed by atoms with Crippen molar-refractivity contribution in [3.63, 3.8) is 0 Å². The smallest absolute Gasteiger partial charge is 0.242 e. The average Bonchev–Trinajstić information content (AvgIpc) is 3.10. The first kappa shape index (κ1) is 15.5. The molecule has 0 aromatic heterocycles. The van der Waals surface area contributed by atoms with Crippen molar-refractivity contribution in [2.24, 2.45) is 5.92 Å². The molecule has 1 aliphatic carbocycles. The number of rotatable bonds is 4. The summed E-state index contributed by atoms with van der Waals surface area (Å²) in [4.78, 5) is 28.0. The Morgan fingerprint density at radius 2 is 1.86 bits per heavy atom. The molecular weight excluding hydrogens is 344 g/mol. The highest BCUT2D eigenvalue weighted by Crippen LogP contribution is 2.48. The van der Waals surface area contributed by atoms with Crippen molar-refractivity contribution < 1.29 is 9.59 Å². The van der Waals surface area contributed by atoms with Gasteiger partial charge in [0.15, 0.2) is 0 Å². The molecule has 0 unspecified atom stereocenters. The van der Waals surface area contributed by atoms with Gasteiger partial charge >= 0.3 is 0 Å². The van der Waals surface area contributed by atoms with Crippen LogP contribution in [0.25, 0.3) is 0 Å². The number of carbonyl (C=O) groups excluding carboxylic acids is 2. The summed E-state index contributed by atoms with van der Waals surface area (Å²) in [6, 6.07) is 8.15. The fourth-order valence-corrected chi connectivity index (χ4v) is 3.44. The Balaban J connectivity index is 1.53. The molecular formula is C17H21BrN2O2. The van der Waals surface area contributed by atoms with E-state index in [9.17, 15) is 9.59 Å². The number of amides is 2. The lowest BCUT2D eigenvalue weighted by Gasteiger charge is -2.21. The molecule has 0 radical (unpaired) electrons. The van der Waals surface area contributed by atoms with Gasteiger partial charge in [-0.15, -0.1) is 0 Å². The van der Waals surface area contributed by atoms with E-state index in [2.05, 4.69) is 28.1 Å². The molecule has 0 N–H and O–H groups in total. The normalized spacial score (nSPS) is 23.5. The maximum atomic E-state index is 12.5. The first-order chi connectivity index (χ1) is 10.6. The standard InChI is InChI=1S/C17H21BrN2O2/c1-19(11-16(21)20-8-2-3-9-20)17(22)15-10-14(15)12-4-6-13(18)7-5-12/h4-7,14-15H,2-3,8-11H2,1H3/t14-,15-/m0/s1. The van der Waals surface area contributed by atoms with Crippen LogP contribution in [0.4, 0.5) is 0 Å². The van der Waals surface area contributed by atoms with Crippen molar-refractivity contribution >= 4 is 27.7 Å². The van der Waals surface area contributed by atoms with Crippen molar-refractivity contribution in [2.75, 3.05) is 26.7 Å². The third kappa shape index (κ3) is 3.35. The molecule has 0 bridgehead atoms. The second-order valence-electron chi connectivity index (χ2n) is 6.28. The molecule has 2 fully saturated rings. The second kappa shape index (κ2) is 6.41. The van der Waals surface area contributed by atoms with Crippen LogP contribution in [0, 0.1) is 5.92 Å². The zero-order valence-corrected chi connectivity index (χ0v) is 14.4. The Kier molecular flexibility index (Phi) is 4.52. The van der Waals surface area contributed by atoms with Crippen molar-refractivity contribution in [1.82, 2.24) is 9.80 Å². The highest BCUT2D eigenvalue weighted by atomic mass is 79.9. The fourth-order valence-electron chi connectivity index (χ4n) is 3.18.